The van der Waals surface area contributed by atoms with Crippen LogP contribution in [0.3, 0.4) is 0 Å². The Kier molecular flexibility index (Phi) is 4.71. The summed E-state index contributed by atoms with van der Waals surface area (Å²) in [4.78, 5) is 2.48. The van der Waals surface area contributed by atoms with E-state index in [-0.39, 0.29) is 12.7 Å². The minimum Gasteiger partial charge on any atom is -0.497 e. The van der Waals surface area contributed by atoms with Crippen molar-refractivity contribution in [3.05, 3.63) is 29.8 Å². The van der Waals surface area contributed by atoms with Gasteiger partial charge in [0.25, 0.3) is 0 Å². The van der Waals surface area contributed by atoms with E-state index in [0.717, 1.165) is 25.4 Å². The topological polar surface area (TPSA) is 41.9 Å². The number of rotatable bonds is 6. The van der Waals surface area contributed by atoms with Gasteiger partial charge < -0.3 is 19.5 Å². The predicted molar refractivity (Wildman–Crippen MR) is 86.0 cm³/mol. The Labute approximate surface area is 133 Å². The first-order chi connectivity index (χ1) is 10.7. The smallest absolute Gasteiger partial charge is 0.118 e. The van der Waals surface area contributed by atoms with Crippen LogP contribution in [0.25, 0.3) is 0 Å². The van der Waals surface area contributed by atoms with Gasteiger partial charge in [-0.3, -0.25) is 0 Å². The SMILES string of the molecule is CCN(CC)[C@H]1[C@H](CO)[C@@H]2CO[C@@H](c3ccc(OC)cc3)[C@@H]21. The molecule has 4 nitrogen and oxygen atoms in total. The van der Waals surface area contributed by atoms with Crippen molar-refractivity contribution in [3.8, 4) is 5.75 Å². The Morgan fingerprint density at radius 3 is 2.45 bits per heavy atom. The van der Waals surface area contributed by atoms with E-state index in [4.69, 9.17) is 9.47 Å². The molecule has 1 heterocycles. The molecule has 1 saturated carbocycles. The van der Waals surface area contributed by atoms with Crippen molar-refractivity contribution in [1.82, 2.24) is 4.90 Å². The van der Waals surface area contributed by atoms with Gasteiger partial charge in [-0.05, 0) is 36.7 Å². The minimum atomic E-state index is 0.143. The van der Waals surface area contributed by atoms with Gasteiger partial charge in [-0.1, -0.05) is 26.0 Å². The fraction of sp³-hybridized carbons (Fsp3) is 0.667. The van der Waals surface area contributed by atoms with Crippen molar-refractivity contribution in [3.63, 3.8) is 0 Å². The molecule has 0 radical (unpaired) electrons. The summed E-state index contributed by atoms with van der Waals surface area (Å²) in [6.45, 7) is 7.48. The molecule has 1 aliphatic heterocycles. The molecule has 4 heteroatoms. The van der Waals surface area contributed by atoms with Gasteiger partial charge >= 0.3 is 0 Å². The van der Waals surface area contributed by atoms with Crippen LogP contribution in [0, 0.1) is 17.8 Å². The Hall–Kier alpha value is -1.10. The number of methoxy groups -OCH3 is 1. The van der Waals surface area contributed by atoms with E-state index in [1.54, 1.807) is 7.11 Å². The first-order valence-corrected chi connectivity index (χ1v) is 8.35. The molecule has 1 aromatic carbocycles. The molecule has 0 aromatic heterocycles. The van der Waals surface area contributed by atoms with Gasteiger partial charge in [0, 0.05) is 24.5 Å². The maximum Gasteiger partial charge on any atom is 0.118 e. The lowest BCUT2D eigenvalue weighted by atomic mass is 9.59. The van der Waals surface area contributed by atoms with Gasteiger partial charge in [-0.15, -0.1) is 0 Å². The van der Waals surface area contributed by atoms with E-state index in [9.17, 15) is 5.11 Å². The van der Waals surface area contributed by atoms with Crippen molar-refractivity contribution in [2.45, 2.75) is 26.0 Å². The average molecular weight is 305 g/mol. The van der Waals surface area contributed by atoms with Crippen LogP contribution < -0.4 is 4.74 Å². The van der Waals surface area contributed by atoms with Crippen molar-refractivity contribution < 1.29 is 14.6 Å². The van der Waals surface area contributed by atoms with Crippen LogP contribution >= 0.6 is 0 Å². The highest BCUT2D eigenvalue weighted by Crippen LogP contribution is 2.55. The van der Waals surface area contributed by atoms with Crippen LogP contribution in [-0.2, 0) is 4.74 Å². The molecule has 5 atom stereocenters. The molecule has 1 aliphatic carbocycles. The highest BCUT2D eigenvalue weighted by Gasteiger charge is 2.58. The van der Waals surface area contributed by atoms with E-state index < -0.39 is 0 Å². The largest absolute Gasteiger partial charge is 0.497 e. The second kappa shape index (κ2) is 6.57. The van der Waals surface area contributed by atoms with Crippen LogP contribution in [-0.4, -0.2) is 49.5 Å². The number of benzene rings is 1. The number of aliphatic hydroxyl groups is 1. The summed E-state index contributed by atoms with van der Waals surface area (Å²) >= 11 is 0. The Morgan fingerprint density at radius 2 is 1.91 bits per heavy atom. The van der Waals surface area contributed by atoms with Crippen LogP contribution in [0.15, 0.2) is 24.3 Å². The standard InChI is InChI=1S/C18H27NO3/c1-4-19(5-2)17-14(10-20)15-11-22-18(16(15)17)12-6-8-13(21-3)9-7-12/h6-9,14-18,20H,4-5,10-11H2,1-3H3/t14-,15+,16+,17+,18+/m1/s1. The highest BCUT2D eigenvalue weighted by molar-refractivity contribution is 5.30. The predicted octanol–water partition coefficient (Wildman–Crippen LogP) is 2.33. The number of aliphatic hydroxyl groups excluding tert-OH is 1. The molecule has 1 saturated heterocycles. The molecule has 22 heavy (non-hydrogen) atoms. The molecule has 0 amide bonds. The summed E-state index contributed by atoms with van der Waals surface area (Å²) < 4.78 is 11.4. The molecule has 1 aromatic rings. The van der Waals surface area contributed by atoms with Gasteiger partial charge in [0.05, 0.1) is 19.8 Å². The number of fused-ring (bicyclic) bond motifs is 1. The quantitative estimate of drug-likeness (QED) is 0.876. The van der Waals surface area contributed by atoms with Gasteiger partial charge in [-0.2, -0.15) is 0 Å². The fourth-order valence-corrected chi connectivity index (χ4v) is 4.41. The zero-order valence-corrected chi connectivity index (χ0v) is 13.7. The second-order valence-corrected chi connectivity index (χ2v) is 6.33. The molecule has 2 aliphatic rings. The molecular weight excluding hydrogens is 278 g/mol. The van der Waals surface area contributed by atoms with Crippen molar-refractivity contribution in [1.29, 1.82) is 0 Å². The highest BCUT2D eigenvalue weighted by atomic mass is 16.5. The fourth-order valence-electron chi connectivity index (χ4n) is 4.41. The molecule has 122 valence electrons. The van der Waals surface area contributed by atoms with Gasteiger partial charge in [0.15, 0.2) is 0 Å². The van der Waals surface area contributed by atoms with Gasteiger partial charge in [-0.25, -0.2) is 0 Å². The van der Waals surface area contributed by atoms with Crippen molar-refractivity contribution in [2.24, 2.45) is 17.8 Å². The summed E-state index contributed by atoms with van der Waals surface area (Å²) in [5.41, 5.74) is 1.22. The number of hydrogen-bond acceptors (Lipinski definition) is 4. The van der Waals surface area contributed by atoms with Crippen molar-refractivity contribution >= 4 is 0 Å². The molecule has 3 rings (SSSR count). The second-order valence-electron chi connectivity index (χ2n) is 6.33. The van der Waals surface area contributed by atoms with E-state index >= 15 is 0 Å². The maximum atomic E-state index is 9.77. The van der Waals surface area contributed by atoms with Gasteiger partial charge in [0.1, 0.15) is 5.75 Å². The third-order valence-electron chi connectivity index (χ3n) is 5.58. The first-order valence-electron chi connectivity index (χ1n) is 8.35. The molecule has 0 spiro atoms. The third kappa shape index (κ3) is 2.43. The number of nitrogens with zero attached hydrogens (tertiary/aromatic N) is 1. The zero-order valence-electron chi connectivity index (χ0n) is 13.7. The lowest BCUT2D eigenvalue weighted by Crippen LogP contribution is -2.61. The number of hydrogen-bond donors (Lipinski definition) is 1. The third-order valence-corrected chi connectivity index (χ3v) is 5.58. The van der Waals surface area contributed by atoms with Crippen LogP contribution in [0.2, 0.25) is 0 Å². The summed E-state index contributed by atoms with van der Waals surface area (Å²) in [5, 5.41) is 9.77. The van der Waals surface area contributed by atoms with Crippen LogP contribution in [0.5, 0.6) is 5.75 Å². The Bertz CT molecular complexity index is 486. The van der Waals surface area contributed by atoms with Crippen LogP contribution in [0.4, 0.5) is 0 Å². The average Bonchev–Trinajstić information content (AvgIpc) is 2.92. The van der Waals surface area contributed by atoms with Gasteiger partial charge in [0.2, 0.25) is 0 Å². The van der Waals surface area contributed by atoms with Crippen molar-refractivity contribution in [2.75, 3.05) is 33.4 Å². The van der Waals surface area contributed by atoms with E-state index in [1.807, 2.05) is 12.1 Å². The molecule has 2 fully saturated rings. The van der Waals surface area contributed by atoms with Crippen LogP contribution in [0.1, 0.15) is 25.5 Å². The van der Waals surface area contributed by atoms with E-state index in [2.05, 4.69) is 30.9 Å². The van der Waals surface area contributed by atoms with E-state index in [0.29, 0.717) is 23.8 Å². The summed E-state index contributed by atoms with van der Waals surface area (Å²) in [6, 6.07) is 8.65. The lowest BCUT2D eigenvalue weighted by molar-refractivity contribution is -0.0728. The normalized spacial score (nSPS) is 33.6. The molecule has 0 unspecified atom stereocenters. The molecule has 0 bridgehead atoms. The summed E-state index contributed by atoms with van der Waals surface area (Å²) in [7, 11) is 1.69. The summed E-state index contributed by atoms with van der Waals surface area (Å²) in [5.74, 6) is 2.21. The lowest BCUT2D eigenvalue weighted by Gasteiger charge is -2.53. The Morgan fingerprint density at radius 1 is 1.23 bits per heavy atom. The molecule has 1 N–H and O–H groups in total. The Balaban J connectivity index is 1.82. The monoisotopic (exact) mass is 305 g/mol. The molecular formula is C18H27NO3. The van der Waals surface area contributed by atoms with E-state index in [1.165, 1.54) is 5.56 Å². The number of ether oxygens (including phenoxy) is 2. The maximum absolute atomic E-state index is 9.77. The zero-order chi connectivity index (χ0) is 15.7. The minimum absolute atomic E-state index is 0.143. The summed E-state index contributed by atoms with van der Waals surface area (Å²) in [6.07, 6.45) is 0.143. The first kappa shape index (κ1) is 15.8.